The van der Waals surface area contributed by atoms with Crippen LogP contribution < -0.4 is 10.1 Å². The minimum absolute atomic E-state index is 0.115. The number of hydrogen-bond donors (Lipinski definition) is 1. The average Bonchev–Trinajstić information content (AvgIpc) is 2.78. The van der Waals surface area contributed by atoms with Gasteiger partial charge in [0.2, 0.25) is 5.91 Å². The fourth-order valence-electron chi connectivity index (χ4n) is 2.32. The van der Waals surface area contributed by atoms with Crippen molar-refractivity contribution in [1.82, 2.24) is 10.2 Å². The Hall–Kier alpha value is -1.55. The molecule has 1 N–H and O–H groups in total. The Morgan fingerprint density at radius 2 is 2.21 bits per heavy atom. The summed E-state index contributed by atoms with van der Waals surface area (Å²) in [6.07, 6.45) is 1.50. The van der Waals surface area contributed by atoms with Crippen LogP contribution in [0, 0.1) is 0 Å². The third-order valence-electron chi connectivity index (χ3n) is 3.33. The summed E-state index contributed by atoms with van der Waals surface area (Å²) in [7, 11) is 4.07. The molecule has 1 atom stereocenters. The first-order valence-electron chi connectivity index (χ1n) is 6.80. The van der Waals surface area contributed by atoms with Crippen LogP contribution in [0.5, 0.6) is 5.75 Å². The molecule has 1 unspecified atom stereocenters. The summed E-state index contributed by atoms with van der Waals surface area (Å²) < 4.78 is 5.58. The molecule has 4 heteroatoms. The molecule has 1 heterocycles. The van der Waals surface area contributed by atoms with Crippen LogP contribution in [0.1, 0.15) is 24.3 Å². The quantitative estimate of drug-likeness (QED) is 0.792. The van der Waals surface area contributed by atoms with Crippen molar-refractivity contribution in [3.8, 4) is 5.75 Å². The number of amides is 1. The Morgan fingerprint density at radius 3 is 3.00 bits per heavy atom. The van der Waals surface area contributed by atoms with Crippen molar-refractivity contribution in [3.63, 3.8) is 0 Å². The standard InChI is InChI=1S/C15H22N2O2/c1-17(2)9-5-8-16-15(18)10-12-11-19-14-7-4-3-6-13(12)14/h3-4,6-7,12H,5,8-11H2,1-2H3,(H,16,18). The van der Waals surface area contributed by atoms with Crippen LogP contribution in [-0.4, -0.2) is 44.6 Å². The SMILES string of the molecule is CN(C)CCCNC(=O)CC1COc2ccccc21. The zero-order valence-electron chi connectivity index (χ0n) is 11.7. The third-order valence-corrected chi connectivity index (χ3v) is 3.33. The second kappa shape index (κ2) is 6.57. The van der Waals surface area contributed by atoms with Gasteiger partial charge in [0, 0.05) is 24.4 Å². The van der Waals surface area contributed by atoms with E-state index in [1.165, 1.54) is 0 Å². The van der Waals surface area contributed by atoms with Gasteiger partial charge in [0.1, 0.15) is 5.75 Å². The zero-order valence-corrected chi connectivity index (χ0v) is 11.7. The molecule has 0 radical (unpaired) electrons. The summed E-state index contributed by atoms with van der Waals surface area (Å²) in [6.45, 7) is 2.35. The third kappa shape index (κ3) is 3.96. The molecule has 4 nitrogen and oxygen atoms in total. The van der Waals surface area contributed by atoms with Gasteiger partial charge in [0.05, 0.1) is 6.61 Å². The maximum atomic E-state index is 11.9. The van der Waals surface area contributed by atoms with E-state index in [-0.39, 0.29) is 11.8 Å². The summed E-state index contributed by atoms with van der Waals surface area (Å²) in [5.74, 6) is 1.24. The summed E-state index contributed by atoms with van der Waals surface area (Å²) in [5, 5.41) is 2.97. The lowest BCUT2D eigenvalue weighted by Gasteiger charge is -2.11. The molecule has 19 heavy (non-hydrogen) atoms. The number of fused-ring (bicyclic) bond motifs is 1. The van der Waals surface area contributed by atoms with Crippen LogP contribution in [0.15, 0.2) is 24.3 Å². The molecule has 2 rings (SSSR count). The number of hydrogen-bond acceptors (Lipinski definition) is 3. The van der Waals surface area contributed by atoms with Crippen LogP contribution in [0.25, 0.3) is 0 Å². The first kappa shape index (κ1) is 13.9. The van der Waals surface area contributed by atoms with Gasteiger partial charge in [0.15, 0.2) is 0 Å². The first-order valence-corrected chi connectivity index (χ1v) is 6.80. The zero-order chi connectivity index (χ0) is 13.7. The Bertz CT molecular complexity index is 432. The van der Waals surface area contributed by atoms with E-state index in [0.717, 1.165) is 30.8 Å². The maximum Gasteiger partial charge on any atom is 0.220 e. The predicted octanol–water partition coefficient (Wildman–Crippen LogP) is 1.62. The molecular formula is C15H22N2O2. The molecule has 0 saturated heterocycles. The second-order valence-electron chi connectivity index (χ2n) is 5.26. The molecule has 1 aliphatic rings. The van der Waals surface area contributed by atoms with Gasteiger partial charge in [-0.3, -0.25) is 4.79 Å². The number of para-hydroxylation sites is 1. The van der Waals surface area contributed by atoms with Gasteiger partial charge >= 0.3 is 0 Å². The predicted molar refractivity (Wildman–Crippen MR) is 75.5 cm³/mol. The van der Waals surface area contributed by atoms with Crippen molar-refractivity contribution in [1.29, 1.82) is 0 Å². The van der Waals surface area contributed by atoms with Crippen molar-refractivity contribution in [2.24, 2.45) is 0 Å². The average molecular weight is 262 g/mol. The molecule has 1 amide bonds. The molecule has 0 fully saturated rings. The number of benzene rings is 1. The van der Waals surface area contributed by atoms with E-state index in [2.05, 4.69) is 10.2 Å². The first-order chi connectivity index (χ1) is 9.16. The van der Waals surface area contributed by atoms with E-state index < -0.39 is 0 Å². The summed E-state index contributed by atoms with van der Waals surface area (Å²) in [6, 6.07) is 7.97. The molecule has 0 spiro atoms. The lowest BCUT2D eigenvalue weighted by molar-refractivity contribution is -0.121. The van der Waals surface area contributed by atoms with Gasteiger partial charge in [-0.15, -0.1) is 0 Å². The summed E-state index contributed by atoms with van der Waals surface area (Å²) in [4.78, 5) is 14.0. The molecule has 0 aromatic heterocycles. The maximum absolute atomic E-state index is 11.9. The Labute approximate surface area is 114 Å². The van der Waals surface area contributed by atoms with E-state index in [4.69, 9.17) is 4.74 Å². The number of rotatable bonds is 6. The van der Waals surface area contributed by atoms with Crippen LogP contribution in [0.2, 0.25) is 0 Å². The summed E-state index contributed by atoms with van der Waals surface area (Å²) >= 11 is 0. The fourth-order valence-corrected chi connectivity index (χ4v) is 2.32. The van der Waals surface area contributed by atoms with Crippen molar-refractivity contribution < 1.29 is 9.53 Å². The van der Waals surface area contributed by atoms with Crippen LogP contribution in [0.4, 0.5) is 0 Å². The van der Waals surface area contributed by atoms with Gasteiger partial charge in [0.25, 0.3) is 0 Å². The minimum Gasteiger partial charge on any atom is -0.493 e. The van der Waals surface area contributed by atoms with E-state index in [9.17, 15) is 4.79 Å². The van der Waals surface area contributed by atoms with E-state index in [0.29, 0.717) is 13.0 Å². The minimum atomic E-state index is 0.115. The van der Waals surface area contributed by atoms with Crippen molar-refractivity contribution in [3.05, 3.63) is 29.8 Å². The highest BCUT2D eigenvalue weighted by atomic mass is 16.5. The normalized spacial score (nSPS) is 17.1. The molecule has 0 aliphatic carbocycles. The number of ether oxygens (including phenoxy) is 1. The topological polar surface area (TPSA) is 41.6 Å². The van der Waals surface area contributed by atoms with Gasteiger partial charge in [-0.2, -0.15) is 0 Å². The van der Waals surface area contributed by atoms with Crippen LogP contribution >= 0.6 is 0 Å². The largest absolute Gasteiger partial charge is 0.493 e. The lowest BCUT2D eigenvalue weighted by Crippen LogP contribution is -2.28. The number of carbonyl (C=O) groups excluding carboxylic acids is 1. The van der Waals surface area contributed by atoms with Crippen LogP contribution in [0.3, 0.4) is 0 Å². The molecule has 0 bridgehead atoms. The van der Waals surface area contributed by atoms with E-state index >= 15 is 0 Å². The van der Waals surface area contributed by atoms with Gasteiger partial charge < -0.3 is 15.0 Å². The second-order valence-corrected chi connectivity index (χ2v) is 5.26. The van der Waals surface area contributed by atoms with E-state index in [1.54, 1.807) is 0 Å². The molecular weight excluding hydrogens is 240 g/mol. The highest BCUT2D eigenvalue weighted by Crippen LogP contribution is 2.35. The Morgan fingerprint density at radius 1 is 1.42 bits per heavy atom. The monoisotopic (exact) mass is 262 g/mol. The molecule has 1 aromatic carbocycles. The Balaban J connectivity index is 1.75. The molecule has 104 valence electrons. The molecule has 1 aliphatic heterocycles. The van der Waals surface area contributed by atoms with E-state index in [1.807, 2.05) is 38.4 Å². The molecule has 1 aromatic rings. The Kier molecular flexibility index (Phi) is 4.80. The smallest absolute Gasteiger partial charge is 0.220 e. The van der Waals surface area contributed by atoms with Gasteiger partial charge in [-0.05, 0) is 33.1 Å². The van der Waals surface area contributed by atoms with Crippen molar-refractivity contribution in [2.45, 2.75) is 18.8 Å². The number of nitrogens with zero attached hydrogens (tertiary/aromatic N) is 1. The van der Waals surface area contributed by atoms with Gasteiger partial charge in [-0.1, -0.05) is 18.2 Å². The highest BCUT2D eigenvalue weighted by molar-refractivity contribution is 5.77. The van der Waals surface area contributed by atoms with Crippen molar-refractivity contribution in [2.75, 3.05) is 33.8 Å². The molecule has 0 saturated carbocycles. The number of carbonyl (C=O) groups is 1. The summed E-state index contributed by atoms with van der Waals surface area (Å²) in [5.41, 5.74) is 1.16. The fraction of sp³-hybridized carbons (Fsp3) is 0.533. The van der Waals surface area contributed by atoms with Gasteiger partial charge in [-0.25, -0.2) is 0 Å². The van der Waals surface area contributed by atoms with Crippen molar-refractivity contribution >= 4 is 5.91 Å². The van der Waals surface area contributed by atoms with Crippen LogP contribution in [-0.2, 0) is 4.79 Å². The number of nitrogens with one attached hydrogen (secondary N) is 1. The lowest BCUT2D eigenvalue weighted by atomic mass is 9.97. The highest BCUT2D eigenvalue weighted by Gasteiger charge is 2.25.